The van der Waals surface area contributed by atoms with Gasteiger partial charge in [0.15, 0.2) is 12.4 Å². The van der Waals surface area contributed by atoms with E-state index in [2.05, 4.69) is 25.3 Å². The number of halogens is 1. The van der Waals surface area contributed by atoms with Crippen LogP contribution < -0.4 is 11.0 Å². The number of anilines is 1. The molecule has 13 nitrogen and oxygen atoms in total. The number of aliphatic hydroxyl groups excluding tert-OH is 2. The zero-order valence-corrected chi connectivity index (χ0v) is 18.2. The number of aromatic amines is 1. The van der Waals surface area contributed by atoms with Crippen LogP contribution in [-0.2, 0) is 20.7 Å². The van der Waals surface area contributed by atoms with Gasteiger partial charge in [0.05, 0.1) is 12.6 Å². The van der Waals surface area contributed by atoms with Crippen LogP contribution in [0.4, 0.5) is 10.2 Å². The number of carbonyl (C=O) groups excluding carboxylic acids is 1. The minimum atomic E-state index is -2.27. The summed E-state index contributed by atoms with van der Waals surface area (Å²) in [5.74, 6) is 0.124. The van der Waals surface area contributed by atoms with Gasteiger partial charge in [0.1, 0.15) is 18.5 Å². The predicted molar refractivity (Wildman–Crippen MR) is 120 cm³/mol. The molecule has 0 aliphatic carbocycles. The average Bonchev–Trinajstić information content (AvgIpc) is 3.37. The molecule has 184 valence electrons. The maximum absolute atomic E-state index is 14.7. The van der Waals surface area contributed by atoms with Gasteiger partial charge in [0.2, 0.25) is 5.72 Å². The van der Waals surface area contributed by atoms with E-state index in [9.17, 15) is 24.2 Å². The molecule has 2 unspecified atom stereocenters. The lowest BCUT2D eigenvalue weighted by Crippen LogP contribution is -2.43. The van der Waals surface area contributed by atoms with E-state index < -0.39 is 42.6 Å². The van der Waals surface area contributed by atoms with Crippen molar-refractivity contribution in [3.8, 4) is 0 Å². The Bertz CT molecular complexity index is 1280. The number of carbonyl (C=O) groups is 1. The van der Waals surface area contributed by atoms with Crippen LogP contribution >= 0.6 is 0 Å². The first-order chi connectivity index (χ1) is 16.9. The summed E-state index contributed by atoms with van der Waals surface area (Å²) >= 11 is 0. The Kier molecular flexibility index (Phi) is 6.98. The lowest BCUT2D eigenvalue weighted by molar-refractivity contribution is -0.129. The quantitative estimate of drug-likeness (QED) is 0.142. The van der Waals surface area contributed by atoms with Crippen molar-refractivity contribution in [1.29, 1.82) is 0 Å². The van der Waals surface area contributed by atoms with E-state index in [4.69, 9.17) is 15.0 Å². The van der Waals surface area contributed by atoms with Gasteiger partial charge in [-0.3, -0.25) is 9.36 Å². The molecule has 4 rings (SSSR count). The van der Waals surface area contributed by atoms with E-state index in [0.717, 1.165) is 21.2 Å². The van der Waals surface area contributed by atoms with Gasteiger partial charge in [-0.15, -0.1) is 0 Å². The number of alkyl halides is 1. The van der Waals surface area contributed by atoms with Gasteiger partial charge in [0, 0.05) is 28.7 Å². The summed E-state index contributed by atoms with van der Waals surface area (Å²) < 4.78 is 25.6. The van der Waals surface area contributed by atoms with E-state index in [1.807, 2.05) is 30.3 Å². The molecule has 2 aromatic heterocycles. The number of hydrogen-bond acceptors (Lipinski definition) is 9. The molecule has 0 radical (unpaired) electrons. The van der Waals surface area contributed by atoms with Crippen LogP contribution in [0.2, 0.25) is 0 Å². The molecule has 3 aromatic rings. The summed E-state index contributed by atoms with van der Waals surface area (Å²) in [7, 11) is 0. The van der Waals surface area contributed by atoms with E-state index in [1.165, 1.54) is 12.3 Å². The van der Waals surface area contributed by atoms with Crippen molar-refractivity contribution in [2.45, 2.75) is 36.7 Å². The van der Waals surface area contributed by atoms with Crippen molar-refractivity contribution >= 4 is 23.2 Å². The fraction of sp³-hybridized carbons (Fsp3) is 0.381. The summed E-state index contributed by atoms with van der Waals surface area (Å²) in [5.41, 5.74) is 7.28. The van der Waals surface area contributed by atoms with Crippen molar-refractivity contribution in [2.75, 3.05) is 18.5 Å². The summed E-state index contributed by atoms with van der Waals surface area (Å²) in [5, 5.41) is 26.8. The normalized spacial score (nSPS) is 24.6. The molecule has 3 heterocycles. The molecule has 0 bridgehead atoms. The smallest absolute Gasteiger partial charge is 0.351 e. The third-order valence-electron chi connectivity index (χ3n) is 5.68. The molecule has 0 amide bonds. The average molecular weight is 487 g/mol. The van der Waals surface area contributed by atoms with Gasteiger partial charge in [-0.05, 0) is 29.1 Å². The molecule has 1 aromatic carbocycles. The van der Waals surface area contributed by atoms with Crippen molar-refractivity contribution in [3.05, 3.63) is 69.2 Å². The lowest BCUT2D eigenvalue weighted by Gasteiger charge is -2.23. The van der Waals surface area contributed by atoms with Gasteiger partial charge in [-0.25, -0.2) is 9.18 Å². The minimum Gasteiger partial charge on any atom is -0.466 e. The van der Waals surface area contributed by atoms with E-state index in [0.29, 0.717) is 12.9 Å². The fourth-order valence-electron chi connectivity index (χ4n) is 3.99. The molecule has 5 atom stereocenters. The summed E-state index contributed by atoms with van der Waals surface area (Å²) in [6.45, 7) is -0.699. The number of H-pyrrole nitrogens is 1. The van der Waals surface area contributed by atoms with Crippen LogP contribution in [0.15, 0.2) is 52.5 Å². The zero-order valence-electron chi connectivity index (χ0n) is 18.2. The van der Waals surface area contributed by atoms with Crippen molar-refractivity contribution in [3.63, 3.8) is 0 Å². The Balaban J connectivity index is 1.53. The molecule has 1 fully saturated rings. The highest BCUT2D eigenvalue weighted by atomic mass is 19.1. The van der Waals surface area contributed by atoms with Gasteiger partial charge >= 0.3 is 5.69 Å². The summed E-state index contributed by atoms with van der Waals surface area (Å²) in [4.78, 5) is 33.0. The molecule has 0 saturated carbocycles. The van der Waals surface area contributed by atoms with Crippen molar-refractivity contribution < 1.29 is 28.9 Å². The second-order valence-corrected chi connectivity index (χ2v) is 7.95. The number of rotatable bonds is 10. The van der Waals surface area contributed by atoms with E-state index >= 15 is 0 Å². The van der Waals surface area contributed by atoms with Gasteiger partial charge in [0.25, 0.3) is 6.47 Å². The number of azide groups is 1. The maximum Gasteiger partial charge on any atom is 0.351 e. The maximum atomic E-state index is 14.7. The van der Waals surface area contributed by atoms with Crippen LogP contribution in [-0.4, -0.2) is 68.5 Å². The molecule has 1 aliphatic heterocycles. The molecular weight excluding hydrogens is 465 g/mol. The zero-order chi connectivity index (χ0) is 25.0. The first kappa shape index (κ1) is 24.2. The number of aromatic nitrogens is 3. The number of ether oxygens (including phenoxy) is 2. The minimum absolute atomic E-state index is 0.0146. The van der Waals surface area contributed by atoms with Crippen LogP contribution in [0.5, 0.6) is 0 Å². The van der Waals surface area contributed by atoms with Crippen molar-refractivity contribution in [2.24, 2.45) is 5.11 Å². The second-order valence-electron chi connectivity index (χ2n) is 7.95. The number of nitrogens with one attached hydrogen (secondary N) is 2. The topological polar surface area (TPSA) is 187 Å². The highest BCUT2D eigenvalue weighted by molar-refractivity contribution is 5.80. The van der Waals surface area contributed by atoms with Crippen LogP contribution in [0, 0.1) is 0 Å². The van der Waals surface area contributed by atoms with Gasteiger partial charge in [-0.2, -0.15) is 4.98 Å². The molecule has 1 saturated heterocycles. The third kappa shape index (κ3) is 4.81. The highest BCUT2D eigenvalue weighted by Crippen LogP contribution is 2.39. The molecule has 0 spiro atoms. The number of fused-ring (bicyclic) bond motifs is 1. The molecule has 14 heteroatoms. The SMILES string of the molecule is [N-]=[N+]=N[C@]1(CO)OC(n2ccc(N[C@@H](COC=O)Cc3cc4ccccc4[nH]3)nc2=O)[C@@H](F)C1O. The fourth-order valence-corrected chi connectivity index (χ4v) is 3.99. The molecule has 1 aliphatic rings. The van der Waals surface area contributed by atoms with Crippen LogP contribution in [0.25, 0.3) is 21.3 Å². The first-order valence-electron chi connectivity index (χ1n) is 10.6. The largest absolute Gasteiger partial charge is 0.466 e. The van der Waals surface area contributed by atoms with Gasteiger partial charge < -0.3 is 30.0 Å². The molecular formula is C21H22FN7O6. The first-order valence-corrected chi connectivity index (χ1v) is 10.6. The number of nitrogens with zero attached hydrogens (tertiary/aromatic N) is 5. The monoisotopic (exact) mass is 487 g/mol. The highest BCUT2D eigenvalue weighted by Gasteiger charge is 2.56. The van der Waals surface area contributed by atoms with Gasteiger partial charge in [-0.1, -0.05) is 23.3 Å². The molecule has 4 N–H and O–H groups in total. The van der Waals surface area contributed by atoms with Crippen LogP contribution in [0.3, 0.4) is 0 Å². The lowest BCUT2D eigenvalue weighted by atomic mass is 10.1. The Morgan fingerprint density at radius 3 is 2.94 bits per heavy atom. The number of aliphatic hydroxyl groups is 2. The summed E-state index contributed by atoms with van der Waals surface area (Å²) in [6, 6.07) is 10.6. The molecule has 35 heavy (non-hydrogen) atoms. The van der Waals surface area contributed by atoms with E-state index in [1.54, 1.807) is 0 Å². The Morgan fingerprint density at radius 1 is 1.46 bits per heavy atom. The Hall–Kier alpha value is -3.97. The van der Waals surface area contributed by atoms with E-state index in [-0.39, 0.29) is 12.4 Å². The van der Waals surface area contributed by atoms with Crippen molar-refractivity contribution in [1.82, 2.24) is 14.5 Å². The summed E-state index contributed by atoms with van der Waals surface area (Å²) in [6.07, 6.45) is -4.27. The second kappa shape index (κ2) is 10.1. The van der Waals surface area contributed by atoms with Crippen LogP contribution in [0.1, 0.15) is 11.9 Å². The Morgan fingerprint density at radius 2 is 2.26 bits per heavy atom. The number of para-hydroxylation sites is 1. The Labute approximate surface area is 196 Å². The number of hydrogen-bond donors (Lipinski definition) is 4. The third-order valence-corrected chi connectivity index (χ3v) is 5.68. The predicted octanol–water partition coefficient (Wildman–Crippen LogP) is 1.15. The standard InChI is InChI=1S/C21H22FN7O6/c22-17-18(32)21(10-30,27-28-23)35-19(17)29-6-5-16(26-20(29)33)25-14(9-34-11-31)8-13-7-12-3-1-2-4-15(12)24-13/h1-7,11,14,17-19,24,30,32H,8-10H2,(H,25,26,33)/t14-,17+,18?,19?,21-/m1/s1. The number of benzene rings is 1.